The first kappa shape index (κ1) is 19.0. The maximum atomic E-state index is 13.7. The fourth-order valence-corrected chi connectivity index (χ4v) is 3.31. The Bertz CT molecular complexity index is 961. The van der Waals surface area contributed by atoms with Crippen molar-refractivity contribution in [2.24, 2.45) is 0 Å². The minimum Gasteiger partial charge on any atom is -0.460 e. The summed E-state index contributed by atoms with van der Waals surface area (Å²) in [4.78, 5) is 17.5. The predicted octanol–water partition coefficient (Wildman–Crippen LogP) is 5.69. The molecule has 1 heterocycles. The summed E-state index contributed by atoms with van der Waals surface area (Å²) in [5.74, 6) is -1.13. The van der Waals surface area contributed by atoms with E-state index in [1.165, 1.54) is 18.2 Å². The lowest BCUT2D eigenvalue weighted by Gasteiger charge is -2.09. The monoisotopic (exact) mass is 409 g/mol. The molecule has 0 radical (unpaired) electrons. The lowest BCUT2D eigenvalue weighted by molar-refractivity contribution is -0.144. The number of esters is 1. The number of hydrogen-bond acceptors (Lipinski definition) is 4. The molecule has 0 saturated carbocycles. The van der Waals surface area contributed by atoms with Crippen molar-refractivity contribution in [1.29, 1.82) is 0 Å². The van der Waals surface area contributed by atoms with Crippen LogP contribution in [0, 0.1) is 5.82 Å². The van der Waals surface area contributed by atoms with E-state index in [2.05, 4.69) is 4.98 Å². The van der Waals surface area contributed by atoms with Crippen molar-refractivity contribution in [3.8, 4) is 0 Å². The molecular formula is C19H14Cl2FNO2S. The Kier molecular flexibility index (Phi) is 6.01. The van der Waals surface area contributed by atoms with Crippen molar-refractivity contribution in [3.63, 3.8) is 0 Å². The van der Waals surface area contributed by atoms with Gasteiger partial charge in [0.05, 0.1) is 11.9 Å². The Morgan fingerprint density at radius 3 is 2.77 bits per heavy atom. The van der Waals surface area contributed by atoms with E-state index >= 15 is 0 Å². The number of benzene rings is 2. The maximum Gasteiger partial charge on any atom is 0.310 e. The third kappa shape index (κ3) is 4.29. The third-order valence-electron chi connectivity index (χ3n) is 3.82. The zero-order valence-corrected chi connectivity index (χ0v) is 16.1. The highest BCUT2D eigenvalue weighted by Crippen LogP contribution is 2.25. The van der Waals surface area contributed by atoms with E-state index in [1.807, 2.05) is 30.5 Å². The number of carbonyl (C=O) groups excluding carboxylic acids is 1. The Morgan fingerprint density at radius 2 is 2.04 bits per heavy atom. The van der Waals surface area contributed by atoms with Crippen molar-refractivity contribution in [3.05, 3.63) is 69.6 Å². The Hall–Kier alpha value is -1.82. The second-order valence-electron chi connectivity index (χ2n) is 5.53. The van der Waals surface area contributed by atoms with Gasteiger partial charge in [0.15, 0.2) is 0 Å². The first-order valence-electron chi connectivity index (χ1n) is 7.69. The second kappa shape index (κ2) is 8.25. The Morgan fingerprint density at radius 1 is 1.23 bits per heavy atom. The van der Waals surface area contributed by atoms with Crippen molar-refractivity contribution < 1.29 is 13.9 Å². The highest BCUT2D eigenvalue weighted by molar-refractivity contribution is 7.98. The Balaban J connectivity index is 1.73. The minimum absolute atomic E-state index is 0.0447. The largest absolute Gasteiger partial charge is 0.460 e. The van der Waals surface area contributed by atoms with Gasteiger partial charge in [0.2, 0.25) is 0 Å². The number of pyridine rings is 1. The van der Waals surface area contributed by atoms with E-state index in [1.54, 1.807) is 11.8 Å². The number of thioether (sulfide) groups is 1. The van der Waals surface area contributed by atoms with Crippen molar-refractivity contribution in [2.75, 3.05) is 6.26 Å². The van der Waals surface area contributed by atoms with Crippen LogP contribution in [-0.4, -0.2) is 17.2 Å². The quantitative estimate of drug-likeness (QED) is 0.308. The van der Waals surface area contributed by atoms with Crippen LogP contribution in [0.4, 0.5) is 4.39 Å². The standard InChI is InChI=1S/C19H14Cl2FNO2S/c1-26-13-6-5-11-7-12(19(21)23-17(11)8-13)10-25-18(24)9-14-15(20)3-2-4-16(14)22/h2-8H,9-10H2,1H3. The molecule has 0 N–H and O–H groups in total. The summed E-state index contributed by atoms with van der Waals surface area (Å²) >= 11 is 13.7. The molecule has 0 spiro atoms. The fourth-order valence-electron chi connectivity index (χ4n) is 2.45. The van der Waals surface area contributed by atoms with E-state index in [0.29, 0.717) is 5.56 Å². The SMILES string of the molecule is CSc1ccc2cc(COC(=O)Cc3c(F)cccc3Cl)c(Cl)nc2c1. The number of halogens is 3. The normalized spacial score (nSPS) is 10.9. The first-order chi connectivity index (χ1) is 12.5. The Labute approximate surface area is 164 Å². The lowest BCUT2D eigenvalue weighted by atomic mass is 10.1. The summed E-state index contributed by atoms with van der Waals surface area (Å²) in [5, 5.41) is 1.36. The van der Waals surface area contributed by atoms with E-state index in [4.69, 9.17) is 27.9 Å². The molecular weight excluding hydrogens is 396 g/mol. The topological polar surface area (TPSA) is 39.2 Å². The van der Waals surface area contributed by atoms with Crippen molar-refractivity contribution in [1.82, 2.24) is 4.98 Å². The molecule has 0 unspecified atom stereocenters. The number of hydrogen-bond donors (Lipinski definition) is 0. The first-order valence-corrected chi connectivity index (χ1v) is 9.67. The van der Waals surface area contributed by atoms with Crippen molar-refractivity contribution in [2.45, 2.75) is 17.9 Å². The summed E-state index contributed by atoms with van der Waals surface area (Å²) in [6, 6.07) is 12.0. The van der Waals surface area contributed by atoms with E-state index in [-0.39, 0.29) is 28.8 Å². The van der Waals surface area contributed by atoms with Crippen molar-refractivity contribution >= 4 is 51.8 Å². The molecule has 3 aromatic rings. The van der Waals surface area contributed by atoms with Gasteiger partial charge >= 0.3 is 5.97 Å². The molecule has 2 aromatic carbocycles. The average Bonchev–Trinajstić information content (AvgIpc) is 2.62. The number of nitrogens with zero attached hydrogens (tertiary/aromatic N) is 1. The van der Waals surface area contributed by atoms with Gasteiger partial charge in [-0.3, -0.25) is 4.79 Å². The average molecular weight is 410 g/mol. The van der Waals surface area contributed by atoms with E-state index in [0.717, 1.165) is 15.8 Å². The highest BCUT2D eigenvalue weighted by Gasteiger charge is 2.14. The molecule has 0 aliphatic heterocycles. The molecule has 0 fully saturated rings. The van der Waals surface area contributed by atoms with Crippen LogP contribution in [0.2, 0.25) is 10.2 Å². The minimum atomic E-state index is -0.592. The van der Waals surface area contributed by atoms with Gasteiger partial charge in [-0.1, -0.05) is 35.3 Å². The van der Waals surface area contributed by atoms with Gasteiger partial charge in [-0.25, -0.2) is 9.37 Å². The zero-order valence-electron chi connectivity index (χ0n) is 13.8. The summed E-state index contributed by atoms with van der Waals surface area (Å²) in [7, 11) is 0. The summed E-state index contributed by atoms with van der Waals surface area (Å²) in [6.07, 6.45) is 1.74. The predicted molar refractivity (Wildman–Crippen MR) is 103 cm³/mol. The second-order valence-corrected chi connectivity index (χ2v) is 7.18. The molecule has 0 amide bonds. The molecule has 26 heavy (non-hydrogen) atoms. The van der Waals surface area contributed by atoms with Gasteiger partial charge in [-0.15, -0.1) is 11.8 Å². The van der Waals surface area contributed by atoms with E-state index in [9.17, 15) is 9.18 Å². The van der Waals surface area contributed by atoms with Gasteiger partial charge in [-0.2, -0.15) is 0 Å². The van der Waals surface area contributed by atoms with Crippen LogP contribution < -0.4 is 0 Å². The molecule has 0 bridgehead atoms. The highest BCUT2D eigenvalue weighted by atomic mass is 35.5. The van der Waals surface area contributed by atoms with Crippen LogP contribution in [-0.2, 0) is 22.6 Å². The van der Waals surface area contributed by atoms with Gasteiger partial charge in [-0.05, 0) is 36.6 Å². The number of carbonyl (C=O) groups is 1. The molecule has 0 atom stereocenters. The van der Waals surface area contributed by atoms with E-state index < -0.39 is 11.8 Å². The lowest BCUT2D eigenvalue weighted by Crippen LogP contribution is -2.10. The molecule has 0 saturated heterocycles. The molecule has 3 nitrogen and oxygen atoms in total. The van der Waals surface area contributed by atoms with Crippen LogP contribution in [0.5, 0.6) is 0 Å². The summed E-state index contributed by atoms with van der Waals surface area (Å²) < 4.78 is 19.0. The van der Waals surface area contributed by atoms with Crippen LogP contribution >= 0.6 is 35.0 Å². The maximum absolute atomic E-state index is 13.7. The fraction of sp³-hybridized carbons (Fsp3) is 0.158. The zero-order chi connectivity index (χ0) is 18.7. The summed E-state index contributed by atoms with van der Waals surface area (Å²) in [5.41, 5.74) is 1.48. The van der Waals surface area contributed by atoms with Crippen LogP contribution in [0.25, 0.3) is 10.9 Å². The van der Waals surface area contributed by atoms with Crippen LogP contribution in [0.1, 0.15) is 11.1 Å². The number of aromatic nitrogens is 1. The van der Waals surface area contributed by atoms with Crippen LogP contribution in [0.3, 0.4) is 0 Å². The number of fused-ring (bicyclic) bond motifs is 1. The molecule has 7 heteroatoms. The smallest absolute Gasteiger partial charge is 0.310 e. The van der Waals surface area contributed by atoms with Gasteiger partial charge in [0.1, 0.15) is 17.6 Å². The summed E-state index contributed by atoms with van der Waals surface area (Å²) in [6.45, 7) is -0.0447. The van der Waals surface area contributed by atoms with Gasteiger partial charge in [0.25, 0.3) is 0 Å². The van der Waals surface area contributed by atoms with Gasteiger partial charge in [0, 0.05) is 26.4 Å². The third-order valence-corrected chi connectivity index (χ3v) is 5.23. The molecule has 0 aliphatic carbocycles. The molecule has 0 aliphatic rings. The number of rotatable bonds is 5. The molecule has 134 valence electrons. The van der Waals surface area contributed by atoms with Gasteiger partial charge < -0.3 is 4.74 Å². The number of ether oxygens (including phenoxy) is 1. The molecule has 3 rings (SSSR count). The van der Waals surface area contributed by atoms with Crippen LogP contribution in [0.15, 0.2) is 47.4 Å². The molecule has 1 aromatic heterocycles.